The molecular weight excluding hydrogens is 232 g/mol. The SMILES string of the molecule is CC(C)COCC#CC#Cc1ccc(C(C)C)cc1. The molecule has 0 spiro atoms. The van der Waals surface area contributed by atoms with Crippen molar-refractivity contribution in [2.45, 2.75) is 33.6 Å². The van der Waals surface area contributed by atoms with Crippen LogP contribution in [0.1, 0.15) is 44.7 Å². The van der Waals surface area contributed by atoms with Crippen molar-refractivity contribution in [3.8, 4) is 23.7 Å². The molecule has 0 aromatic heterocycles. The second kappa shape index (κ2) is 8.41. The van der Waals surface area contributed by atoms with E-state index in [4.69, 9.17) is 4.74 Å². The first kappa shape index (κ1) is 15.4. The molecule has 1 aromatic rings. The van der Waals surface area contributed by atoms with Crippen molar-refractivity contribution in [1.29, 1.82) is 0 Å². The molecule has 1 nitrogen and oxygen atoms in total. The molecule has 0 saturated heterocycles. The van der Waals surface area contributed by atoms with Crippen molar-refractivity contribution < 1.29 is 4.74 Å². The lowest BCUT2D eigenvalue weighted by Crippen LogP contribution is -2.01. The number of ether oxygens (including phenoxy) is 1. The summed E-state index contributed by atoms with van der Waals surface area (Å²) in [5.41, 5.74) is 2.33. The van der Waals surface area contributed by atoms with Crippen LogP contribution in [0.15, 0.2) is 24.3 Å². The third-order valence-corrected chi connectivity index (χ3v) is 2.56. The van der Waals surface area contributed by atoms with E-state index in [-0.39, 0.29) is 0 Å². The summed E-state index contributed by atoms with van der Waals surface area (Å²) in [4.78, 5) is 0. The van der Waals surface area contributed by atoms with E-state index < -0.39 is 0 Å². The Morgan fingerprint density at radius 1 is 1.00 bits per heavy atom. The Labute approximate surface area is 117 Å². The summed E-state index contributed by atoms with van der Waals surface area (Å²) in [6.45, 7) is 9.81. The average molecular weight is 254 g/mol. The molecule has 0 aliphatic heterocycles. The molecule has 0 aliphatic carbocycles. The van der Waals surface area contributed by atoms with Gasteiger partial charge < -0.3 is 4.74 Å². The minimum atomic E-state index is 0.457. The minimum absolute atomic E-state index is 0.457. The van der Waals surface area contributed by atoms with Crippen LogP contribution in [0.3, 0.4) is 0 Å². The van der Waals surface area contributed by atoms with Crippen molar-refractivity contribution in [1.82, 2.24) is 0 Å². The van der Waals surface area contributed by atoms with Crippen molar-refractivity contribution in [3.05, 3.63) is 35.4 Å². The van der Waals surface area contributed by atoms with Gasteiger partial charge in [0.1, 0.15) is 6.61 Å². The van der Waals surface area contributed by atoms with Gasteiger partial charge in [-0.2, -0.15) is 0 Å². The zero-order valence-corrected chi connectivity index (χ0v) is 12.3. The predicted molar refractivity (Wildman–Crippen MR) is 80.8 cm³/mol. The van der Waals surface area contributed by atoms with Crippen LogP contribution in [0.5, 0.6) is 0 Å². The number of hydrogen-bond acceptors (Lipinski definition) is 1. The maximum Gasteiger partial charge on any atom is 0.108 e. The normalized spacial score (nSPS) is 9.79. The van der Waals surface area contributed by atoms with Gasteiger partial charge in [-0.1, -0.05) is 51.7 Å². The van der Waals surface area contributed by atoms with E-state index in [9.17, 15) is 0 Å². The third-order valence-electron chi connectivity index (χ3n) is 2.56. The molecule has 0 unspecified atom stereocenters. The monoisotopic (exact) mass is 254 g/mol. The number of benzene rings is 1. The minimum Gasteiger partial charge on any atom is -0.368 e. The molecule has 0 bridgehead atoms. The summed E-state index contributed by atoms with van der Waals surface area (Å²) in [6.07, 6.45) is 0. The molecule has 0 fully saturated rings. The summed E-state index contributed by atoms with van der Waals surface area (Å²) >= 11 is 0. The van der Waals surface area contributed by atoms with E-state index in [2.05, 4.69) is 63.5 Å². The highest BCUT2D eigenvalue weighted by molar-refractivity contribution is 5.41. The maximum absolute atomic E-state index is 5.35. The van der Waals surface area contributed by atoms with Crippen molar-refractivity contribution in [2.75, 3.05) is 13.2 Å². The van der Waals surface area contributed by atoms with Crippen LogP contribution in [-0.2, 0) is 4.74 Å². The Kier molecular flexibility index (Phi) is 6.80. The molecule has 0 saturated carbocycles. The lowest BCUT2D eigenvalue weighted by Gasteiger charge is -2.03. The molecule has 0 aliphatic rings. The van der Waals surface area contributed by atoms with Gasteiger partial charge in [0.05, 0.1) is 6.61 Å². The van der Waals surface area contributed by atoms with Crippen LogP contribution >= 0.6 is 0 Å². The lowest BCUT2D eigenvalue weighted by atomic mass is 10.0. The van der Waals surface area contributed by atoms with E-state index in [1.54, 1.807) is 0 Å². The molecule has 1 heteroatoms. The first-order valence-electron chi connectivity index (χ1n) is 6.76. The van der Waals surface area contributed by atoms with Crippen LogP contribution in [0.25, 0.3) is 0 Å². The highest BCUT2D eigenvalue weighted by Gasteiger charge is 1.96. The molecule has 19 heavy (non-hydrogen) atoms. The number of hydrogen-bond donors (Lipinski definition) is 0. The zero-order chi connectivity index (χ0) is 14.1. The predicted octanol–water partition coefficient (Wildman–Crippen LogP) is 3.84. The van der Waals surface area contributed by atoms with Gasteiger partial charge in [-0.15, -0.1) is 0 Å². The van der Waals surface area contributed by atoms with E-state index in [1.807, 2.05) is 12.1 Å². The highest BCUT2D eigenvalue weighted by atomic mass is 16.5. The molecular formula is C18H22O. The van der Waals surface area contributed by atoms with Gasteiger partial charge >= 0.3 is 0 Å². The third kappa shape index (κ3) is 6.70. The van der Waals surface area contributed by atoms with E-state index in [1.165, 1.54) is 5.56 Å². The smallest absolute Gasteiger partial charge is 0.108 e. The van der Waals surface area contributed by atoms with Gasteiger partial charge in [-0.3, -0.25) is 0 Å². The highest BCUT2D eigenvalue weighted by Crippen LogP contribution is 2.13. The second-order valence-corrected chi connectivity index (χ2v) is 5.24. The summed E-state index contributed by atoms with van der Waals surface area (Å²) in [7, 11) is 0. The summed E-state index contributed by atoms with van der Waals surface area (Å²) in [5, 5.41) is 0. The van der Waals surface area contributed by atoms with E-state index in [0.29, 0.717) is 18.4 Å². The van der Waals surface area contributed by atoms with Gasteiger partial charge in [-0.05, 0) is 41.4 Å². The van der Waals surface area contributed by atoms with E-state index >= 15 is 0 Å². The molecule has 0 N–H and O–H groups in total. The molecule has 100 valence electrons. The first-order valence-corrected chi connectivity index (χ1v) is 6.76. The van der Waals surface area contributed by atoms with E-state index in [0.717, 1.165) is 12.2 Å². The molecule has 0 heterocycles. The van der Waals surface area contributed by atoms with Crippen molar-refractivity contribution in [2.24, 2.45) is 5.92 Å². The van der Waals surface area contributed by atoms with Crippen LogP contribution < -0.4 is 0 Å². The Morgan fingerprint density at radius 2 is 1.68 bits per heavy atom. The lowest BCUT2D eigenvalue weighted by molar-refractivity contribution is 0.139. The Hall–Kier alpha value is -1.70. The molecule has 0 radical (unpaired) electrons. The Balaban J connectivity index is 2.43. The van der Waals surface area contributed by atoms with Gasteiger partial charge in [-0.25, -0.2) is 0 Å². The van der Waals surface area contributed by atoms with Crippen molar-refractivity contribution in [3.63, 3.8) is 0 Å². The van der Waals surface area contributed by atoms with Crippen LogP contribution in [0.4, 0.5) is 0 Å². The Morgan fingerprint density at radius 3 is 2.26 bits per heavy atom. The van der Waals surface area contributed by atoms with Gasteiger partial charge in [0.25, 0.3) is 0 Å². The van der Waals surface area contributed by atoms with Crippen molar-refractivity contribution >= 4 is 0 Å². The standard InChI is InChI=1S/C18H22O/c1-15(2)14-19-13-7-5-6-8-17-9-11-18(12-10-17)16(3)4/h9-12,15-16H,13-14H2,1-4H3. The number of rotatable bonds is 4. The molecule has 1 rings (SSSR count). The second-order valence-electron chi connectivity index (χ2n) is 5.24. The topological polar surface area (TPSA) is 9.23 Å². The average Bonchev–Trinajstić information content (AvgIpc) is 2.38. The van der Waals surface area contributed by atoms with Crippen LogP contribution in [0, 0.1) is 29.6 Å². The summed E-state index contributed by atoms with van der Waals surface area (Å²) in [6, 6.07) is 8.32. The largest absolute Gasteiger partial charge is 0.368 e. The van der Waals surface area contributed by atoms with Crippen LogP contribution in [0.2, 0.25) is 0 Å². The summed E-state index contributed by atoms with van der Waals surface area (Å²) < 4.78 is 5.35. The van der Waals surface area contributed by atoms with Gasteiger partial charge in [0.15, 0.2) is 0 Å². The summed E-state index contributed by atoms with van der Waals surface area (Å²) in [5.74, 6) is 12.7. The first-order chi connectivity index (χ1) is 9.09. The quantitative estimate of drug-likeness (QED) is 0.586. The maximum atomic E-state index is 5.35. The fourth-order valence-electron chi connectivity index (χ4n) is 1.48. The van der Waals surface area contributed by atoms with Crippen LogP contribution in [-0.4, -0.2) is 13.2 Å². The fourth-order valence-corrected chi connectivity index (χ4v) is 1.48. The molecule has 0 atom stereocenters. The molecule has 1 aromatic carbocycles. The molecule has 0 amide bonds. The fraction of sp³-hybridized carbons (Fsp3) is 0.444. The van der Waals surface area contributed by atoms with Gasteiger partial charge in [0.2, 0.25) is 0 Å². The van der Waals surface area contributed by atoms with Gasteiger partial charge in [0, 0.05) is 5.56 Å². The Bertz CT molecular complexity index is 486. The zero-order valence-electron chi connectivity index (χ0n) is 12.3.